The molecule has 20 heavy (non-hydrogen) atoms. The van der Waals surface area contributed by atoms with E-state index in [-0.39, 0.29) is 10.2 Å². The number of hydrogen-bond donors (Lipinski definition) is 0. The van der Waals surface area contributed by atoms with Gasteiger partial charge >= 0.3 is 0 Å². The van der Waals surface area contributed by atoms with E-state index in [9.17, 15) is 8.78 Å². The molecule has 1 aromatic carbocycles. The van der Waals surface area contributed by atoms with Crippen LogP contribution in [0.3, 0.4) is 0 Å². The molecular formula is C16H21BrF2O. The van der Waals surface area contributed by atoms with Crippen molar-refractivity contribution in [2.45, 2.75) is 45.4 Å². The highest BCUT2D eigenvalue weighted by Gasteiger charge is 2.22. The molecular weight excluding hydrogens is 326 g/mol. The van der Waals surface area contributed by atoms with E-state index in [1.807, 2.05) is 0 Å². The standard InChI is InChI=1S/C16H21BrF2O/c1-2-3-11-4-6-12(7-5-11)10-20-14-9-8-13(17)15(18)16(14)19/h8-9,11-12H,2-7,10H2,1H3. The van der Waals surface area contributed by atoms with E-state index >= 15 is 0 Å². The van der Waals surface area contributed by atoms with Gasteiger partial charge in [0, 0.05) is 0 Å². The zero-order valence-corrected chi connectivity index (χ0v) is 13.4. The highest BCUT2D eigenvalue weighted by Crippen LogP contribution is 2.32. The van der Waals surface area contributed by atoms with Gasteiger partial charge in [-0.25, -0.2) is 4.39 Å². The fourth-order valence-electron chi connectivity index (χ4n) is 2.92. The van der Waals surface area contributed by atoms with Crippen LogP contribution in [0.1, 0.15) is 45.4 Å². The molecule has 112 valence electrons. The van der Waals surface area contributed by atoms with Gasteiger partial charge in [-0.05, 0) is 52.7 Å². The Morgan fingerprint density at radius 1 is 1.10 bits per heavy atom. The topological polar surface area (TPSA) is 9.23 Å². The summed E-state index contributed by atoms with van der Waals surface area (Å²) in [5, 5.41) is 0. The largest absolute Gasteiger partial charge is 0.490 e. The smallest absolute Gasteiger partial charge is 0.201 e. The van der Waals surface area contributed by atoms with E-state index in [4.69, 9.17) is 4.74 Å². The van der Waals surface area contributed by atoms with Crippen molar-refractivity contribution in [1.82, 2.24) is 0 Å². The van der Waals surface area contributed by atoms with Gasteiger partial charge in [0.25, 0.3) is 0 Å². The lowest BCUT2D eigenvalue weighted by molar-refractivity contribution is 0.173. The third-order valence-electron chi connectivity index (χ3n) is 4.14. The fraction of sp³-hybridized carbons (Fsp3) is 0.625. The Kier molecular flexibility index (Phi) is 5.82. The van der Waals surface area contributed by atoms with Gasteiger partial charge in [-0.15, -0.1) is 0 Å². The summed E-state index contributed by atoms with van der Waals surface area (Å²) in [6.07, 6.45) is 7.28. The van der Waals surface area contributed by atoms with Crippen molar-refractivity contribution in [2.24, 2.45) is 11.8 Å². The molecule has 1 aliphatic carbocycles. The lowest BCUT2D eigenvalue weighted by Crippen LogP contribution is -2.20. The second kappa shape index (κ2) is 7.39. The minimum Gasteiger partial charge on any atom is -0.490 e. The van der Waals surface area contributed by atoms with Crippen LogP contribution in [0, 0.1) is 23.5 Å². The van der Waals surface area contributed by atoms with Crippen molar-refractivity contribution >= 4 is 15.9 Å². The maximum absolute atomic E-state index is 13.6. The molecule has 0 aromatic heterocycles. The molecule has 1 aromatic rings. The first-order chi connectivity index (χ1) is 9.61. The van der Waals surface area contributed by atoms with Gasteiger partial charge in [0.1, 0.15) is 0 Å². The molecule has 1 saturated carbocycles. The number of rotatable bonds is 5. The Morgan fingerprint density at radius 2 is 1.75 bits per heavy atom. The van der Waals surface area contributed by atoms with Crippen molar-refractivity contribution in [3.8, 4) is 5.75 Å². The van der Waals surface area contributed by atoms with Crippen LogP contribution in [-0.4, -0.2) is 6.61 Å². The van der Waals surface area contributed by atoms with Gasteiger partial charge in [0.2, 0.25) is 5.82 Å². The summed E-state index contributed by atoms with van der Waals surface area (Å²) in [6.45, 7) is 2.71. The van der Waals surface area contributed by atoms with Crippen LogP contribution in [-0.2, 0) is 0 Å². The van der Waals surface area contributed by atoms with Gasteiger partial charge in [-0.1, -0.05) is 32.6 Å². The number of halogens is 3. The molecule has 4 heteroatoms. The van der Waals surface area contributed by atoms with E-state index in [1.165, 1.54) is 37.8 Å². The van der Waals surface area contributed by atoms with Crippen molar-refractivity contribution in [3.63, 3.8) is 0 Å². The summed E-state index contributed by atoms with van der Waals surface area (Å²) in [5.41, 5.74) is 0. The first-order valence-electron chi connectivity index (χ1n) is 7.38. The maximum Gasteiger partial charge on any atom is 0.201 e. The summed E-state index contributed by atoms with van der Waals surface area (Å²) >= 11 is 2.96. The molecule has 2 rings (SSSR count). The van der Waals surface area contributed by atoms with Crippen molar-refractivity contribution in [1.29, 1.82) is 0 Å². The molecule has 1 nitrogen and oxygen atoms in total. The van der Waals surface area contributed by atoms with Gasteiger partial charge in [-0.3, -0.25) is 0 Å². The third kappa shape index (κ3) is 3.94. The minimum atomic E-state index is -0.904. The Balaban J connectivity index is 1.83. The molecule has 0 aliphatic heterocycles. The highest BCUT2D eigenvalue weighted by molar-refractivity contribution is 9.10. The second-order valence-corrected chi connectivity index (χ2v) is 6.51. The molecule has 0 bridgehead atoms. The van der Waals surface area contributed by atoms with Crippen LogP contribution in [0.2, 0.25) is 0 Å². The van der Waals surface area contributed by atoms with Crippen LogP contribution >= 0.6 is 15.9 Å². The van der Waals surface area contributed by atoms with Gasteiger partial charge < -0.3 is 4.74 Å². The Hall–Kier alpha value is -0.640. The number of hydrogen-bond acceptors (Lipinski definition) is 1. The van der Waals surface area contributed by atoms with Crippen molar-refractivity contribution in [2.75, 3.05) is 6.61 Å². The summed E-state index contributed by atoms with van der Waals surface area (Å²) in [4.78, 5) is 0. The van der Waals surface area contributed by atoms with Crippen LogP contribution in [0.4, 0.5) is 8.78 Å². The van der Waals surface area contributed by atoms with Crippen LogP contribution in [0.5, 0.6) is 5.75 Å². The summed E-state index contributed by atoms with van der Waals surface area (Å²) in [6, 6.07) is 2.96. The fourth-order valence-corrected chi connectivity index (χ4v) is 3.23. The van der Waals surface area contributed by atoms with Crippen molar-refractivity contribution < 1.29 is 13.5 Å². The molecule has 0 N–H and O–H groups in total. The minimum absolute atomic E-state index is 0.0152. The highest BCUT2D eigenvalue weighted by atomic mass is 79.9. The van der Waals surface area contributed by atoms with Gasteiger partial charge in [0.15, 0.2) is 11.6 Å². The van der Waals surface area contributed by atoms with E-state index in [0.29, 0.717) is 12.5 Å². The summed E-state index contributed by atoms with van der Waals surface area (Å²) < 4.78 is 32.6. The first kappa shape index (κ1) is 15.7. The Bertz CT molecular complexity index is 442. The predicted octanol–water partition coefficient (Wildman–Crippen LogP) is 5.71. The zero-order chi connectivity index (χ0) is 14.5. The molecule has 0 spiro atoms. The van der Waals surface area contributed by atoms with E-state index in [0.717, 1.165) is 18.8 Å². The number of benzene rings is 1. The monoisotopic (exact) mass is 346 g/mol. The van der Waals surface area contributed by atoms with E-state index in [1.54, 1.807) is 0 Å². The van der Waals surface area contributed by atoms with Gasteiger partial charge in [-0.2, -0.15) is 4.39 Å². The van der Waals surface area contributed by atoms with Crippen LogP contribution in [0.15, 0.2) is 16.6 Å². The third-order valence-corrected chi connectivity index (χ3v) is 4.75. The molecule has 0 saturated heterocycles. The van der Waals surface area contributed by atoms with E-state index < -0.39 is 11.6 Å². The Morgan fingerprint density at radius 3 is 2.40 bits per heavy atom. The molecule has 0 amide bonds. The summed E-state index contributed by atoms with van der Waals surface area (Å²) in [7, 11) is 0. The lowest BCUT2D eigenvalue weighted by atomic mass is 9.80. The van der Waals surface area contributed by atoms with Crippen LogP contribution < -0.4 is 4.74 Å². The average molecular weight is 347 g/mol. The normalized spacial score (nSPS) is 22.8. The molecule has 0 atom stereocenters. The molecule has 0 unspecified atom stereocenters. The second-order valence-electron chi connectivity index (χ2n) is 5.66. The Labute approximate surface area is 127 Å². The van der Waals surface area contributed by atoms with Gasteiger partial charge in [0.05, 0.1) is 11.1 Å². The lowest BCUT2D eigenvalue weighted by Gasteiger charge is -2.28. The first-order valence-corrected chi connectivity index (χ1v) is 8.17. The van der Waals surface area contributed by atoms with E-state index in [2.05, 4.69) is 22.9 Å². The zero-order valence-electron chi connectivity index (χ0n) is 11.8. The number of ether oxygens (including phenoxy) is 1. The van der Waals surface area contributed by atoms with Crippen molar-refractivity contribution in [3.05, 3.63) is 28.2 Å². The molecule has 0 heterocycles. The maximum atomic E-state index is 13.6. The van der Waals surface area contributed by atoms with Crippen LogP contribution in [0.25, 0.3) is 0 Å². The predicted molar refractivity (Wildman–Crippen MR) is 79.9 cm³/mol. The molecule has 1 aliphatic rings. The SMILES string of the molecule is CCCC1CCC(COc2ccc(Br)c(F)c2F)CC1. The molecule has 0 radical (unpaired) electrons. The average Bonchev–Trinajstić information content (AvgIpc) is 2.46. The molecule has 1 fully saturated rings. The summed E-state index contributed by atoms with van der Waals surface area (Å²) in [5.74, 6) is -0.457. The quantitative estimate of drug-likeness (QED) is 0.620.